The maximum Gasteiger partial charge on any atom is 0.246 e. The van der Waals surface area contributed by atoms with Gasteiger partial charge in [-0.1, -0.05) is 19.3 Å². The second kappa shape index (κ2) is 7.13. The molecule has 1 aliphatic heterocycles. The molecule has 1 saturated heterocycles. The van der Waals surface area contributed by atoms with E-state index in [0.29, 0.717) is 24.6 Å². The van der Waals surface area contributed by atoms with E-state index < -0.39 is 10.0 Å². The van der Waals surface area contributed by atoms with Crippen molar-refractivity contribution in [3.05, 3.63) is 18.2 Å². The Bertz CT molecular complexity index is 563. The first-order chi connectivity index (χ1) is 10.1. The van der Waals surface area contributed by atoms with Crippen LogP contribution in [0.1, 0.15) is 32.1 Å². The molecule has 1 fully saturated rings. The predicted molar refractivity (Wildman–Crippen MR) is 81.4 cm³/mol. The highest BCUT2D eigenvalue weighted by Gasteiger charge is 2.28. The van der Waals surface area contributed by atoms with Gasteiger partial charge in [-0.2, -0.15) is 4.31 Å². The molecule has 0 spiro atoms. The number of methoxy groups -OCH3 is 2. The van der Waals surface area contributed by atoms with Crippen molar-refractivity contribution in [1.82, 2.24) is 4.31 Å². The van der Waals surface area contributed by atoms with E-state index in [4.69, 9.17) is 9.47 Å². The Morgan fingerprint density at radius 2 is 1.57 bits per heavy atom. The molecule has 6 heteroatoms. The van der Waals surface area contributed by atoms with Crippen molar-refractivity contribution in [1.29, 1.82) is 0 Å². The Balaban J connectivity index is 2.36. The van der Waals surface area contributed by atoms with Crippen molar-refractivity contribution < 1.29 is 17.9 Å². The zero-order chi connectivity index (χ0) is 15.3. The lowest BCUT2D eigenvalue weighted by Crippen LogP contribution is -2.34. The van der Waals surface area contributed by atoms with Crippen LogP contribution in [0.2, 0.25) is 0 Å². The SMILES string of the molecule is COc1ccc(OC)c(S(=O)(=O)N2CCCCCCC2)c1. The molecule has 0 atom stereocenters. The fraction of sp³-hybridized carbons (Fsp3) is 0.600. The Morgan fingerprint density at radius 1 is 0.952 bits per heavy atom. The number of benzene rings is 1. The third kappa shape index (κ3) is 3.68. The molecule has 1 heterocycles. The molecule has 1 aromatic rings. The monoisotopic (exact) mass is 313 g/mol. The summed E-state index contributed by atoms with van der Waals surface area (Å²) in [6.45, 7) is 1.14. The van der Waals surface area contributed by atoms with E-state index in [0.717, 1.165) is 25.7 Å². The van der Waals surface area contributed by atoms with Crippen LogP contribution >= 0.6 is 0 Å². The van der Waals surface area contributed by atoms with Crippen LogP contribution in [-0.2, 0) is 10.0 Å². The molecule has 0 amide bonds. The Morgan fingerprint density at radius 3 is 2.14 bits per heavy atom. The largest absolute Gasteiger partial charge is 0.497 e. The summed E-state index contributed by atoms with van der Waals surface area (Å²) in [4.78, 5) is 0.185. The maximum atomic E-state index is 12.9. The first kappa shape index (κ1) is 16.1. The van der Waals surface area contributed by atoms with Gasteiger partial charge in [-0.3, -0.25) is 0 Å². The molecule has 2 rings (SSSR count). The molecule has 0 N–H and O–H groups in total. The van der Waals surface area contributed by atoms with E-state index in [2.05, 4.69) is 0 Å². The van der Waals surface area contributed by atoms with Crippen LogP contribution in [0.25, 0.3) is 0 Å². The molecule has 0 aliphatic carbocycles. The van der Waals surface area contributed by atoms with Gasteiger partial charge in [0.25, 0.3) is 0 Å². The maximum absolute atomic E-state index is 12.9. The highest BCUT2D eigenvalue weighted by atomic mass is 32.2. The first-order valence-corrected chi connectivity index (χ1v) is 8.76. The molecule has 5 nitrogen and oxygen atoms in total. The minimum Gasteiger partial charge on any atom is -0.497 e. The summed E-state index contributed by atoms with van der Waals surface area (Å²) in [5.74, 6) is 0.874. The molecule has 0 bridgehead atoms. The van der Waals surface area contributed by atoms with Gasteiger partial charge in [-0.15, -0.1) is 0 Å². The van der Waals surface area contributed by atoms with Crippen molar-refractivity contribution in [3.63, 3.8) is 0 Å². The van der Waals surface area contributed by atoms with E-state index >= 15 is 0 Å². The van der Waals surface area contributed by atoms with E-state index in [-0.39, 0.29) is 4.90 Å². The molecule has 21 heavy (non-hydrogen) atoms. The molecular formula is C15H23NO4S. The highest BCUT2D eigenvalue weighted by Crippen LogP contribution is 2.31. The summed E-state index contributed by atoms with van der Waals surface area (Å²) in [5.41, 5.74) is 0. The van der Waals surface area contributed by atoms with Gasteiger partial charge in [0, 0.05) is 19.2 Å². The minimum atomic E-state index is -3.55. The third-order valence-electron chi connectivity index (χ3n) is 3.80. The van der Waals surface area contributed by atoms with E-state index in [1.54, 1.807) is 16.4 Å². The average molecular weight is 313 g/mol. The Kier molecular flexibility index (Phi) is 5.47. The van der Waals surface area contributed by atoms with Crippen LogP contribution in [0.3, 0.4) is 0 Å². The second-order valence-electron chi connectivity index (χ2n) is 5.19. The molecule has 0 radical (unpaired) electrons. The third-order valence-corrected chi connectivity index (χ3v) is 5.72. The zero-order valence-electron chi connectivity index (χ0n) is 12.7. The van der Waals surface area contributed by atoms with Gasteiger partial charge in [0.05, 0.1) is 14.2 Å². The summed E-state index contributed by atoms with van der Waals surface area (Å²) in [6, 6.07) is 4.87. The second-order valence-corrected chi connectivity index (χ2v) is 7.09. The number of sulfonamides is 1. The fourth-order valence-corrected chi connectivity index (χ4v) is 4.27. The number of rotatable bonds is 4. The zero-order valence-corrected chi connectivity index (χ0v) is 13.5. The van der Waals surface area contributed by atoms with Crippen LogP contribution in [0, 0.1) is 0 Å². The summed E-state index contributed by atoms with van der Waals surface area (Å²) >= 11 is 0. The van der Waals surface area contributed by atoms with Gasteiger partial charge in [0.2, 0.25) is 10.0 Å². The lowest BCUT2D eigenvalue weighted by Gasteiger charge is -2.25. The Hall–Kier alpha value is -1.27. The summed E-state index contributed by atoms with van der Waals surface area (Å²) in [7, 11) is -0.546. The Labute approximate surface area is 126 Å². The van der Waals surface area contributed by atoms with Crippen LogP contribution in [0.15, 0.2) is 23.1 Å². The minimum absolute atomic E-state index is 0.185. The lowest BCUT2D eigenvalue weighted by molar-refractivity contribution is 0.357. The highest BCUT2D eigenvalue weighted by molar-refractivity contribution is 7.89. The van der Waals surface area contributed by atoms with Gasteiger partial charge in [-0.25, -0.2) is 8.42 Å². The first-order valence-electron chi connectivity index (χ1n) is 7.32. The van der Waals surface area contributed by atoms with Crippen molar-refractivity contribution in [2.75, 3.05) is 27.3 Å². The molecule has 1 aromatic carbocycles. The normalized spacial score (nSPS) is 17.8. The quantitative estimate of drug-likeness (QED) is 0.857. The van der Waals surface area contributed by atoms with Crippen molar-refractivity contribution in [3.8, 4) is 11.5 Å². The summed E-state index contributed by atoms with van der Waals surface area (Å²) in [6.07, 6.45) is 5.18. The van der Waals surface area contributed by atoms with Gasteiger partial charge in [0.15, 0.2) is 0 Å². The number of hydrogen-bond donors (Lipinski definition) is 0. The van der Waals surface area contributed by atoms with Gasteiger partial charge >= 0.3 is 0 Å². The number of nitrogens with zero attached hydrogens (tertiary/aromatic N) is 1. The van der Waals surface area contributed by atoms with Crippen molar-refractivity contribution in [2.24, 2.45) is 0 Å². The predicted octanol–water partition coefficient (Wildman–Crippen LogP) is 2.66. The number of hydrogen-bond acceptors (Lipinski definition) is 4. The topological polar surface area (TPSA) is 55.8 Å². The molecular weight excluding hydrogens is 290 g/mol. The smallest absolute Gasteiger partial charge is 0.246 e. The van der Waals surface area contributed by atoms with Crippen LogP contribution in [0.5, 0.6) is 11.5 Å². The molecule has 0 unspecified atom stereocenters. The standard InChI is InChI=1S/C15H23NO4S/c1-19-13-8-9-14(20-2)15(12-13)21(17,18)16-10-6-4-3-5-7-11-16/h8-9,12H,3-7,10-11H2,1-2H3. The molecule has 118 valence electrons. The average Bonchev–Trinajstić information content (AvgIpc) is 2.45. The van der Waals surface area contributed by atoms with E-state index in [9.17, 15) is 8.42 Å². The molecule has 0 aromatic heterocycles. The van der Waals surface area contributed by atoms with Crippen LogP contribution in [-0.4, -0.2) is 40.0 Å². The fourth-order valence-electron chi connectivity index (χ4n) is 2.58. The van der Waals surface area contributed by atoms with Gasteiger partial charge in [-0.05, 0) is 25.0 Å². The lowest BCUT2D eigenvalue weighted by atomic mass is 10.1. The van der Waals surface area contributed by atoms with Crippen molar-refractivity contribution >= 4 is 10.0 Å². The van der Waals surface area contributed by atoms with E-state index in [1.165, 1.54) is 26.7 Å². The van der Waals surface area contributed by atoms with Crippen LogP contribution < -0.4 is 9.47 Å². The van der Waals surface area contributed by atoms with Crippen LogP contribution in [0.4, 0.5) is 0 Å². The summed E-state index contributed by atoms with van der Waals surface area (Å²) < 4.78 is 37.7. The van der Waals surface area contributed by atoms with E-state index in [1.807, 2.05) is 0 Å². The van der Waals surface area contributed by atoms with Gasteiger partial charge < -0.3 is 9.47 Å². The van der Waals surface area contributed by atoms with Crippen molar-refractivity contribution in [2.45, 2.75) is 37.0 Å². The summed E-state index contributed by atoms with van der Waals surface area (Å²) in [5, 5.41) is 0. The number of ether oxygens (including phenoxy) is 2. The molecule has 1 aliphatic rings. The van der Waals surface area contributed by atoms with Gasteiger partial charge in [0.1, 0.15) is 16.4 Å². The molecule has 0 saturated carbocycles.